The number of pyridine rings is 1. The number of nitrogens with zero attached hydrogens (tertiary/aromatic N) is 6. The van der Waals surface area contributed by atoms with Gasteiger partial charge in [-0.1, -0.05) is 41.4 Å². The number of ether oxygens (including phenoxy) is 2. The summed E-state index contributed by atoms with van der Waals surface area (Å²) >= 11 is 13.5. The molecule has 1 aliphatic heterocycles. The highest BCUT2D eigenvalue weighted by Gasteiger charge is 2.27. The van der Waals surface area contributed by atoms with Crippen molar-refractivity contribution in [3.63, 3.8) is 0 Å². The van der Waals surface area contributed by atoms with Gasteiger partial charge in [-0.15, -0.1) is 0 Å². The van der Waals surface area contributed by atoms with Gasteiger partial charge in [0.05, 0.1) is 34.8 Å². The first kappa shape index (κ1) is 35.6. The Kier molecular flexibility index (Phi) is 11.1. The van der Waals surface area contributed by atoms with Crippen molar-refractivity contribution >= 4 is 57.5 Å². The van der Waals surface area contributed by atoms with E-state index in [2.05, 4.69) is 10.3 Å². The fourth-order valence-electron chi connectivity index (χ4n) is 5.83. The Morgan fingerprint density at radius 1 is 1.14 bits per heavy atom. The Bertz CT molecular complexity index is 1960. The molecule has 0 radical (unpaired) electrons. The Hall–Kier alpha value is -4.72. The van der Waals surface area contributed by atoms with E-state index in [0.29, 0.717) is 49.1 Å². The highest BCUT2D eigenvalue weighted by atomic mass is 35.5. The quantitative estimate of drug-likeness (QED) is 0.110. The molecule has 0 aliphatic carbocycles. The third kappa shape index (κ3) is 7.64. The largest absolute Gasteiger partial charge is 0.495 e. The van der Waals surface area contributed by atoms with Gasteiger partial charge in [0.1, 0.15) is 22.8 Å². The maximum Gasteiger partial charge on any atom is 0.293 e. The van der Waals surface area contributed by atoms with Crippen LogP contribution in [0.3, 0.4) is 0 Å². The second-order valence-corrected chi connectivity index (χ2v) is 12.8. The molecule has 15 heteroatoms. The van der Waals surface area contributed by atoms with Crippen LogP contribution in [0.4, 0.5) is 17.3 Å². The van der Waals surface area contributed by atoms with Crippen molar-refractivity contribution in [2.24, 2.45) is 5.92 Å². The van der Waals surface area contributed by atoms with Crippen LogP contribution in [0.5, 0.6) is 11.5 Å². The van der Waals surface area contributed by atoms with Gasteiger partial charge in [0.25, 0.3) is 11.2 Å². The van der Waals surface area contributed by atoms with Crippen LogP contribution in [0, 0.1) is 23.0 Å². The predicted octanol–water partition coefficient (Wildman–Crippen LogP) is 6.10. The SMILES string of the molecule is COc1cc(OC)c(Cl)c(-c2cc3cnc(Nc4c(C)cccc4[N+](=O)[O-])nc3n(CC3CCN(C(=O)/C=C/CN(C)C)CC3)c2=O)c1Cl. The van der Waals surface area contributed by atoms with Crippen molar-refractivity contribution in [2.75, 3.05) is 53.3 Å². The summed E-state index contributed by atoms with van der Waals surface area (Å²) < 4.78 is 12.5. The lowest BCUT2D eigenvalue weighted by Crippen LogP contribution is -2.39. The molecule has 5 rings (SSSR count). The summed E-state index contributed by atoms with van der Waals surface area (Å²) in [6.07, 6.45) is 6.29. The minimum absolute atomic E-state index is 0.0283. The van der Waals surface area contributed by atoms with Gasteiger partial charge in [0.15, 0.2) is 0 Å². The van der Waals surface area contributed by atoms with Crippen LogP contribution in [-0.4, -0.2) is 83.1 Å². The number of nitrogens with one attached hydrogen (secondary N) is 1. The molecule has 49 heavy (non-hydrogen) atoms. The molecule has 4 aromatic rings. The van der Waals surface area contributed by atoms with Gasteiger partial charge in [-0.25, -0.2) is 4.98 Å². The van der Waals surface area contributed by atoms with Crippen LogP contribution in [-0.2, 0) is 11.3 Å². The maximum absolute atomic E-state index is 14.5. The number of aryl methyl sites for hydroxylation is 1. The molecule has 1 fully saturated rings. The smallest absolute Gasteiger partial charge is 0.293 e. The molecule has 0 atom stereocenters. The molecule has 0 saturated carbocycles. The normalized spacial score (nSPS) is 13.8. The first-order valence-corrected chi connectivity index (χ1v) is 16.3. The van der Waals surface area contributed by atoms with Crippen LogP contribution >= 0.6 is 23.2 Å². The summed E-state index contributed by atoms with van der Waals surface area (Å²) in [5, 5.41) is 15.5. The van der Waals surface area contributed by atoms with E-state index in [0.717, 1.165) is 0 Å². The van der Waals surface area contributed by atoms with Crippen LogP contribution in [0.1, 0.15) is 18.4 Å². The number of amides is 1. The number of rotatable bonds is 11. The zero-order chi connectivity index (χ0) is 35.4. The van der Waals surface area contributed by atoms with Crippen LogP contribution < -0.4 is 20.3 Å². The average molecular weight is 711 g/mol. The third-order valence-electron chi connectivity index (χ3n) is 8.45. The van der Waals surface area contributed by atoms with Crippen molar-refractivity contribution in [3.8, 4) is 22.6 Å². The highest BCUT2D eigenvalue weighted by molar-refractivity contribution is 6.41. The maximum atomic E-state index is 14.5. The molecule has 2 aromatic heterocycles. The van der Waals surface area contributed by atoms with Gasteiger partial charge in [0, 0.05) is 61.5 Å². The molecule has 1 N–H and O–H groups in total. The molecule has 1 aliphatic rings. The zero-order valence-electron chi connectivity index (χ0n) is 27.8. The molecular formula is C34H37Cl2N7O6. The number of methoxy groups -OCH3 is 2. The number of nitro benzene ring substituents is 1. The van der Waals surface area contributed by atoms with Crippen molar-refractivity contribution in [1.82, 2.24) is 24.3 Å². The molecule has 258 valence electrons. The van der Waals surface area contributed by atoms with Gasteiger partial charge in [-0.05, 0) is 51.4 Å². The van der Waals surface area contributed by atoms with E-state index in [1.807, 2.05) is 25.1 Å². The number of anilines is 2. The standard InChI is InChI=1S/C34H37Cl2N7O6/c1-20-8-6-9-24(43(46)47)31(20)38-34-37-18-22-16-23(28-29(35)25(48-4)17-26(49-5)30(28)36)33(45)42(32(22)39-34)19-21-11-14-41(15-12-21)27(44)10-7-13-40(2)3/h6-10,16-18,21H,11-15,19H2,1-5H3,(H,37,38,39)/b10-7+. The second-order valence-electron chi connectivity index (χ2n) is 12.0. The number of nitro groups is 1. The van der Waals surface area contributed by atoms with E-state index >= 15 is 0 Å². The Labute approximate surface area is 293 Å². The zero-order valence-corrected chi connectivity index (χ0v) is 29.3. The average Bonchev–Trinajstić information content (AvgIpc) is 3.07. The molecule has 1 amide bonds. The van der Waals surface area contributed by atoms with E-state index in [4.69, 9.17) is 37.7 Å². The van der Waals surface area contributed by atoms with E-state index < -0.39 is 10.5 Å². The van der Waals surface area contributed by atoms with E-state index in [9.17, 15) is 19.7 Å². The molecule has 1 saturated heterocycles. The van der Waals surface area contributed by atoms with E-state index in [1.165, 1.54) is 26.5 Å². The number of piperidine rings is 1. The number of halogens is 2. The predicted molar refractivity (Wildman–Crippen MR) is 190 cm³/mol. The molecule has 13 nitrogen and oxygen atoms in total. The number of likely N-dealkylation sites (N-methyl/N-ethyl adjacent to an activating group) is 1. The molecule has 0 bridgehead atoms. The molecule has 0 spiro atoms. The van der Waals surface area contributed by atoms with Gasteiger partial charge in [-0.3, -0.25) is 24.3 Å². The van der Waals surface area contributed by atoms with Gasteiger partial charge >= 0.3 is 0 Å². The number of benzene rings is 2. The Balaban J connectivity index is 1.58. The number of fused-ring (bicyclic) bond motifs is 1. The number of likely N-dealkylation sites (tertiary alicyclic amines) is 1. The second kappa shape index (κ2) is 15.2. The van der Waals surface area contributed by atoms with E-state index in [-0.39, 0.29) is 68.4 Å². The summed E-state index contributed by atoms with van der Waals surface area (Å²) in [4.78, 5) is 51.5. The van der Waals surface area contributed by atoms with Crippen LogP contribution in [0.2, 0.25) is 10.0 Å². The first-order chi connectivity index (χ1) is 23.4. The van der Waals surface area contributed by atoms with Gasteiger partial charge in [-0.2, -0.15) is 4.98 Å². The summed E-state index contributed by atoms with van der Waals surface area (Å²) in [6, 6.07) is 7.89. The number of carbonyl (C=O) groups excluding carboxylic acids is 1. The fourth-order valence-corrected chi connectivity index (χ4v) is 6.54. The van der Waals surface area contributed by atoms with Crippen molar-refractivity contribution in [2.45, 2.75) is 26.3 Å². The molecular weight excluding hydrogens is 673 g/mol. The fraction of sp³-hybridized carbons (Fsp3) is 0.353. The highest BCUT2D eigenvalue weighted by Crippen LogP contribution is 2.45. The number of aromatic nitrogens is 3. The van der Waals surface area contributed by atoms with Crippen LogP contribution in [0.15, 0.2) is 53.5 Å². The lowest BCUT2D eigenvalue weighted by molar-refractivity contribution is -0.384. The minimum atomic E-state index is -0.483. The van der Waals surface area contributed by atoms with Gasteiger partial charge < -0.3 is 24.6 Å². The number of hydrogen-bond acceptors (Lipinski definition) is 10. The van der Waals surface area contributed by atoms with Crippen LogP contribution in [0.25, 0.3) is 22.2 Å². The number of hydrogen-bond donors (Lipinski definition) is 1. The lowest BCUT2D eigenvalue weighted by atomic mass is 9.96. The number of para-hydroxylation sites is 1. The van der Waals surface area contributed by atoms with Gasteiger partial charge in [0.2, 0.25) is 11.9 Å². The molecule has 2 aromatic carbocycles. The Morgan fingerprint density at radius 2 is 1.82 bits per heavy atom. The number of carbonyl (C=O) groups is 1. The summed E-state index contributed by atoms with van der Waals surface area (Å²) in [5.74, 6) is 0.609. The Morgan fingerprint density at radius 3 is 2.43 bits per heavy atom. The molecule has 3 heterocycles. The summed E-state index contributed by atoms with van der Waals surface area (Å²) in [5.41, 5.74) is 1.07. The topological polar surface area (TPSA) is 145 Å². The van der Waals surface area contributed by atoms with E-state index in [1.54, 1.807) is 46.7 Å². The first-order valence-electron chi connectivity index (χ1n) is 15.6. The van der Waals surface area contributed by atoms with Crippen molar-refractivity contribution in [1.29, 1.82) is 0 Å². The minimum Gasteiger partial charge on any atom is -0.495 e. The molecule has 0 unspecified atom stereocenters. The monoisotopic (exact) mass is 709 g/mol. The van der Waals surface area contributed by atoms with Crippen molar-refractivity contribution < 1.29 is 19.2 Å². The summed E-state index contributed by atoms with van der Waals surface area (Å²) in [6.45, 7) is 3.75. The third-order valence-corrected chi connectivity index (χ3v) is 9.20. The van der Waals surface area contributed by atoms with Crippen molar-refractivity contribution in [3.05, 3.63) is 84.8 Å². The summed E-state index contributed by atoms with van der Waals surface area (Å²) in [7, 11) is 6.77. The lowest BCUT2D eigenvalue weighted by Gasteiger charge is -2.32.